The molecule has 0 aliphatic carbocycles. The normalized spacial score (nSPS) is 23.5. The molecule has 1 aromatic heterocycles. The monoisotopic (exact) mass is 251 g/mol. The molecule has 92 valence electrons. The highest BCUT2D eigenvalue weighted by Crippen LogP contribution is 2.30. The van der Waals surface area contributed by atoms with Crippen molar-refractivity contribution in [3.05, 3.63) is 10.9 Å². The summed E-state index contributed by atoms with van der Waals surface area (Å²) in [5.41, 5.74) is 6.28. The van der Waals surface area contributed by atoms with Crippen molar-refractivity contribution in [1.82, 2.24) is 0 Å². The van der Waals surface area contributed by atoms with Crippen molar-refractivity contribution >= 4 is 22.0 Å². The van der Waals surface area contributed by atoms with E-state index in [4.69, 9.17) is 15.7 Å². The highest BCUT2D eigenvalue weighted by molar-refractivity contribution is 7.17. The molecule has 1 fully saturated rings. The lowest BCUT2D eigenvalue weighted by molar-refractivity contribution is 0.0900. The van der Waals surface area contributed by atoms with Crippen LogP contribution in [0.15, 0.2) is 6.07 Å². The summed E-state index contributed by atoms with van der Waals surface area (Å²) in [7, 11) is 0. The predicted octanol–water partition coefficient (Wildman–Crippen LogP) is 2.43. The number of nitrogen functional groups attached to an aromatic ring is 1. The SMILES string of the molecule is CCC1OCCC1CNc1cc(N)c(C#N)s1. The molecule has 17 heavy (non-hydrogen) atoms. The van der Waals surface area contributed by atoms with E-state index in [9.17, 15) is 0 Å². The van der Waals surface area contributed by atoms with Crippen LogP contribution in [0.5, 0.6) is 0 Å². The molecule has 0 amide bonds. The first kappa shape index (κ1) is 12.2. The van der Waals surface area contributed by atoms with Crippen molar-refractivity contribution in [2.75, 3.05) is 24.2 Å². The number of hydrogen-bond acceptors (Lipinski definition) is 5. The van der Waals surface area contributed by atoms with Gasteiger partial charge in [-0.05, 0) is 18.9 Å². The number of nitrogens with one attached hydrogen (secondary N) is 1. The van der Waals surface area contributed by atoms with Crippen LogP contribution in [0.1, 0.15) is 24.6 Å². The van der Waals surface area contributed by atoms with Crippen LogP contribution in [-0.2, 0) is 4.74 Å². The molecule has 2 atom stereocenters. The second kappa shape index (κ2) is 5.39. The first-order chi connectivity index (χ1) is 8.24. The van der Waals surface area contributed by atoms with Crippen LogP contribution in [0.3, 0.4) is 0 Å². The molecule has 0 radical (unpaired) electrons. The molecular formula is C12H17N3OS. The van der Waals surface area contributed by atoms with E-state index in [1.165, 1.54) is 11.3 Å². The van der Waals surface area contributed by atoms with Gasteiger partial charge in [-0.3, -0.25) is 0 Å². The molecule has 2 unspecified atom stereocenters. The van der Waals surface area contributed by atoms with Crippen LogP contribution in [0.2, 0.25) is 0 Å². The van der Waals surface area contributed by atoms with Crippen molar-refractivity contribution in [2.24, 2.45) is 5.92 Å². The summed E-state index contributed by atoms with van der Waals surface area (Å²) in [5.74, 6) is 0.564. The van der Waals surface area contributed by atoms with Crippen molar-refractivity contribution in [3.63, 3.8) is 0 Å². The lowest BCUT2D eigenvalue weighted by Gasteiger charge is -2.17. The fourth-order valence-electron chi connectivity index (χ4n) is 2.19. The zero-order valence-corrected chi connectivity index (χ0v) is 10.7. The number of nitrogens with two attached hydrogens (primary N) is 1. The second-order valence-electron chi connectivity index (χ2n) is 4.25. The number of hydrogen-bond donors (Lipinski definition) is 2. The van der Waals surface area contributed by atoms with Gasteiger partial charge in [-0.2, -0.15) is 5.26 Å². The van der Waals surface area contributed by atoms with E-state index < -0.39 is 0 Å². The number of nitrogens with zero attached hydrogens (tertiary/aromatic N) is 1. The fourth-order valence-corrected chi connectivity index (χ4v) is 2.97. The molecule has 1 aromatic rings. The lowest BCUT2D eigenvalue weighted by Crippen LogP contribution is -2.22. The van der Waals surface area contributed by atoms with Gasteiger partial charge in [-0.25, -0.2) is 0 Å². The van der Waals surface area contributed by atoms with Crippen molar-refractivity contribution in [1.29, 1.82) is 5.26 Å². The van der Waals surface area contributed by atoms with E-state index in [2.05, 4.69) is 18.3 Å². The average Bonchev–Trinajstić information content (AvgIpc) is 2.92. The summed E-state index contributed by atoms with van der Waals surface area (Å²) in [4.78, 5) is 0.585. The summed E-state index contributed by atoms with van der Waals surface area (Å²) in [6.07, 6.45) is 2.54. The number of ether oxygens (including phenoxy) is 1. The Hall–Kier alpha value is -1.25. The number of rotatable bonds is 4. The van der Waals surface area contributed by atoms with E-state index in [1.807, 2.05) is 6.07 Å². The minimum Gasteiger partial charge on any atom is -0.397 e. The third kappa shape index (κ3) is 2.71. The molecule has 1 aliphatic heterocycles. The number of nitriles is 1. The smallest absolute Gasteiger partial charge is 0.129 e. The van der Waals surface area contributed by atoms with Crippen LogP contribution in [0.25, 0.3) is 0 Å². The van der Waals surface area contributed by atoms with Gasteiger partial charge in [0.05, 0.1) is 16.8 Å². The molecule has 3 N–H and O–H groups in total. The van der Waals surface area contributed by atoms with Gasteiger partial charge < -0.3 is 15.8 Å². The van der Waals surface area contributed by atoms with Crippen LogP contribution >= 0.6 is 11.3 Å². The Kier molecular flexibility index (Phi) is 3.87. The fraction of sp³-hybridized carbons (Fsp3) is 0.583. The Balaban J connectivity index is 1.91. The molecule has 2 rings (SSSR count). The number of thiophene rings is 1. The minimum absolute atomic E-state index is 0.371. The van der Waals surface area contributed by atoms with Gasteiger partial charge in [-0.1, -0.05) is 6.92 Å². The Labute approximate surface area is 105 Å². The molecule has 0 bridgehead atoms. The first-order valence-electron chi connectivity index (χ1n) is 5.89. The van der Waals surface area contributed by atoms with E-state index in [0.29, 0.717) is 22.6 Å². The maximum Gasteiger partial charge on any atom is 0.129 e. The van der Waals surface area contributed by atoms with Crippen molar-refractivity contribution in [3.8, 4) is 6.07 Å². The average molecular weight is 251 g/mol. The van der Waals surface area contributed by atoms with E-state index in [1.54, 1.807) is 0 Å². The Morgan fingerprint density at radius 3 is 3.18 bits per heavy atom. The van der Waals surface area contributed by atoms with Crippen LogP contribution in [-0.4, -0.2) is 19.3 Å². The summed E-state index contributed by atoms with van der Waals surface area (Å²) in [6.45, 7) is 3.91. The number of anilines is 2. The van der Waals surface area contributed by atoms with E-state index in [-0.39, 0.29) is 0 Å². The molecule has 5 heteroatoms. The van der Waals surface area contributed by atoms with Crippen LogP contribution < -0.4 is 11.1 Å². The molecule has 0 saturated carbocycles. The maximum atomic E-state index is 8.82. The van der Waals surface area contributed by atoms with Gasteiger partial charge in [0.25, 0.3) is 0 Å². The zero-order valence-electron chi connectivity index (χ0n) is 9.90. The first-order valence-corrected chi connectivity index (χ1v) is 6.71. The van der Waals surface area contributed by atoms with Crippen LogP contribution in [0.4, 0.5) is 10.7 Å². The van der Waals surface area contributed by atoms with Crippen molar-refractivity contribution < 1.29 is 4.74 Å². The molecule has 1 aliphatic rings. The summed E-state index contributed by atoms with van der Waals surface area (Å²) >= 11 is 1.41. The molecule has 2 heterocycles. The molecule has 4 nitrogen and oxygen atoms in total. The minimum atomic E-state index is 0.371. The molecule has 0 aromatic carbocycles. The summed E-state index contributed by atoms with van der Waals surface area (Å²) in [5, 5.41) is 13.2. The van der Waals surface area contributed by atoms with Gasteiger partial charge >= 0.3 is 0 Å². The Morgan fingerprint density at radius 1 is 1.71 bits per heavy atom. The quantitative estimate of drug-likeness (QED) is 0.862. The largest absolute Gasteiger partial charge is 0.397 e. The van der Waals surface area contributed by atoms with E-state index >= 15 is 0 Å². The third-order valence-corrected chi connectivity index (χ3v) is 4.16. The van der Waals surface area contributed by atoms with Gasteiger partial charge in [0.15, 0.2) is 0 Å². The Morgan fingerprint density at radius 2 is 2.53 bits per heavy atom. The topological polar surface area (TPSA) is 71.1 Å². The second-order valence-corrected chi connectivity index (χ2v) is 5.31. The highest BCUT2D eigenvalue weighted by Gasteiger charge is 2.26. The predicted molar refractivity (Wildman–Crippen MR) is 70.1 cm³/mol. The molecular weight excluding hydrogens is 234 g/mol. The van der Waals surface area contributed by atoms with Gasteiger partial charge in [0.1, 0.15) is 10.9 Å². The third-order valence-electron chi connectivity index (χ3n) is 3.15. The Bertz CT molecular complexity index is 424. The maximum absolute atomic E-state index is 8.82. The van der Waals surface area contributed by atoms with Crippen molar-refractivity contribution in [2.45, 2.75) is 25.9 Å². The lowest BCUT2D eigenvalue weighted by atomic mass is 10.00. The zero-order chi connectivity index (χ0) is 12.3. The van der Waals surface area contributed by atoms with E-state index in [0.717, 1.165) is 31.0 Å². The molecule has 1 saturated heterocycles. The summed E-state index contributed by atoms with van der Waals surface area (Å²) in [6, 6.07) is 3.93. The van der Waals surface area contributed by atoms with Gasteiger partial charge in [0.2, 0.25) is 0 Å². The van der Waals surface area contributed by atoms with Crippen LogP contribution in [0, 0.1) is 17.2 Å². The molecule has 0 spiro atoms. The standard InChI is InChI=1S/C12H17N3OS/c1-2-10-8(3-4-16-10)7-15-12-5-9(14)11(6-13)17-12/h5,8,10,15H,2-4,7,14H2,1H3. The van der Waals surface area contributed by atoms with Gasteiger partial charge in [0, 0.05) is 19.1 Å². The highest BCUT2D eigenvalue weighted by atomic mass is 32.1. The summed E-state index contributed by atoms with van der Waals surface area (Å²) < 4.78 is 5.64. The van der Waals surface area contributed by atoms with Gasteiger partial charge in [-0.15, -0.1) is 11.3 Å².